The largest absolute Gasteiger partial charge is 0.500 e. The molecule has 8 heteroatoms. The van der Waals surface area contributed by atoms with Crippen LogP contribution in [0.4, 0.5) is 5.69 Å². The Balaban J connectivity index is 1.74. The molecule has 0 saturated heterocycles. The van der Waals surface area contributed by atoms with Crippen molar-refractivity contribution in [3.05, 3.63) is 74.5 Å². The number of benzene rings is 2. The average molecular weight is 450 g/mol. The van der Waals surface area contributed by atoms with Crippen LogP contribution >= 0.6 is 0 Å². The summed E-state index contributed by atoms with van der Waals surface area (Å²) in [4.78, 5) is 36.7. The van der Waals surface area contributed by atoms with E-state index in [2.05, 4.69) is 24.4 Å². The summed E-state index contributed by atoms with van der Waals surface area (Å²) in [5.74, 6) is -1.61. The number of carbonyl (C=O) groups is 2. The monoisotopic (exact) mass is 450 g/mol. The highest BCUT2D eigenvalue weighted by Crippen LogP contribution is 2.46. The number of Topliss-reactive ketones (excluding diaryl/α,β-unsaturated/α-hetero) is 1. The number of nitrogens with zero attached hydrogens (tertiary/aromatic N) is 1. The van der Waals surface area contributed by atoms with Crippen molar-refractivity contribution in [2.45, 2.75) is 51.4 Å². The summed E-state index contributed by atoms with van der Waals surface area (Å²) in [5.41, 5.74) is 3.21. The van der Waals surface area contributed by atoms with Crippen molar-refractivity contribution in [2.24, 2.45) is 0 Å². The van der Waals surface area contributed by atoms with Crippen molar-refractivity contribution in [2.75, 3.05) is 6.61 Å². The summed E-state index contributed by atoms with van der Waals surface area (Å²) in [6.07, 6.45) is 1.73. The molecule has 0 aromatic heterocycles. The first kappa shape index (κ1) is 22.5. The molecule has 2 N–H and O–H groups in total. The Morgan fingerprint density at radius 1 is 1.09 bits per heavy atom. The van der Waals surface area contributed by atoms with Gasteiger partial charge in [0.25, 0.3) is 0 Å². The molecule has 4 rings (SSSR count). The van der Waals surface area contributed by atoms with Gasteiger partial charge in [0.2, 0.25) is 11.7 Å². The van der Waals surface area contributed by atoms with Crippen molar-refractivity contribution in [1.82, 2.24) is 5.32 Å². The van der Waals surface area contributed by atoms with Crippen molar-refractivity contribution >= 4 is 17.4 Å². The molecule has 0 radical (unpaired) electrons. The first-order valence-electron chi connectivity index (χ1n) is 11.1. The van der Waals surface area contributed by atoms with Gasteiger partial charge < -0.3 is 15.2 Å². The zero-order valence-electron chi connectivity index (χ0n) is 18.6. The fourth-order valence-electron chi connectivity index (χ4n) is 4.73. The molecule has 0 fully saturated rings. The normalized spacial score (nSPS) is 20.3. The number of amides is 1. The number of nitro benzene ring substituents is 1. The SMILES string of the molecule is CCOc1cc([C@@H]2CC(=O)NC3=C2C(=O)C[C@@H](c2ccc(CC)cc2)C3)cc([N+](=O)[O-])c1O. The number of allylic oxidation sites excluding steroid dienone is 2. The number of ether oxygens (including phenoxy) is 1. The molecule has 2 aliphatic rings. The van der Waals surface area contributed by atoms with E-state index in [0.29, 0.717) is 29.7 Å². The van der Waals surface area contributed by atoms with Crippen molar-refractivity contribution in [3.63, 3.8) is 0 Å². The summed E-state index contributed by atoms with van der Waals surface area (Å²) in [6.45, 7) is 3.98. The van der Waals surface area contributed by atoms with E-state index in [9.17, 15) is 24.8 Å². The first-order valence-corrected chi connectivity index (χ1v) is 11.1. The molecule has 2 atom stereocenters. The lowest BCUT2D eigenvalue weighted by Gasteiger charge is -2.34. The maximum absolute atomic E-state index is 13.3. The smallest absolute Gasteiger partial charge is 0.314 e. The third kappa shape index (κ3) is 4.33. The molecule has 0 bridgehead atoms. The molecule has 0 unspecified atom stereocenters. The highest BCUT2D eigenvalue weighted by atomic mass is 16.6. The molecule has 8 nitrogen and oxygen atoms in total. The van der Waals surface area contributed by atoms with Crippen LogP contribution in [-0.2, 0) is 16.0 Å². The van der Waals surface area contributed by atoms with Crippen LogP contribution in [0.2, 0.25) is 0 Å². The number of aryl methyl sites for hydroxylation is 1. The molecule has 1 aliphatic heterocycles. The predicted octanol–water partition coefficient (Wildman–Crippen LogP) is 4.27. The van der Waals surface area contributed by atoms with Crippen molar-refractivity contribution < 1.29 is 24.4 Å². The fraction of sp³-hybridized carbons (Fsp3) is 0.360. The van der Waals surface area contributed by atoms with Gasteiger partial charge in [-0.25, -0.2) is 0 Å². The Morgan fingerprint density at radius 2 is 1.82 bits per heavy atom. The summed E-state index contributed by atoms with van der Waals surface area (Å²) in [6, 6.07) is 10.9. The molecular weight excluding hydrogens is 424 g/mol. The molecular formula is C25H26N2O6. The van der Waals surface area contributed by atoms with Gasteiger partial charge in [-0.05, 0) is 48.4 Å². The molecule has 0 saturated carbocycles. The van der Waals surface area contributed by atoms with E-state index in [1.165, 1.54) is 17.7 Å². The van der Waals surface area contributed by atoms with E-state index in [0.717, 1.165) is 12.0 Å². The quantitative estimate of drug-likeness (QED) is 0.501. The van der Waals surface area contributed by atoms with E-state index in [1.54, 1.807) is 6.92 Å². The van der Waals surface area contributed by atoms with Crippen LogP contribution in [0.15, 0.2) is 47.7 Å². The Kier molecular flexibility index (Phi) is 6.18. The minimum absolute atomic E-state index is 0.00602. The van der Waals surface area contributed by atoms with Crippen LogP contribution in [-0.4, -0.2) is 28.3 Å². The summed E-state index contributed by atoms with van der Waals surface area (Å²) in [7, 11) is 0. The number of phenols is 1. The van der Waals surface area contributed by atoms with Crippen LogP contribution in [0.3, 0.4) is 0 Å². The third-order valence-corrected chi connectivity index (χ3v) is 6.37. The highest BCUT2D eigenvalue weighted by molar-refractivity contribution is 6.02. The van der Waals surface area contributed by atoms with Crippen molar-refractivity contribution in [1.29, 1.82) is 0 Å². The number of phenolic OH excluding ortho intramolecular Hbond substituents is 1. The van der Waals surface area contributed by atoms with Gasteiger partial charge in [-0.15, -0.1) is 0 Å². The van der Waals surface area contributed by atoms with Gasteiger partial charge in [0.1, 0.15) is 0 Å². The third-order valence-electron chi connectivity index (χ3n) is 6.37. The van der Waals surface area contributed by atoms with Gasteiger partial charge in [0.15, 0.2) is 11.5 Å². The topological polar surface area (TPSA) is 119 Å². The van der Waals surface area contributed by atoms with Crippen LogP contribution in [0.25, 0.3) is 0 Å². The lowest BCUT2D eigenvalue weighted by Crippen LogP contribution is -2.38. The molecule has 1 amide bonds. The van der Waals surface area contributed by atoms with E-state index in [-0.39, 0.29) is 36.4 Å². The number of hydrogen-bond acceptors (Lipinski definition) is 6. The molecule has 172 valence electrons. The van der Waals surface area contributed by atoms with Crippen molar-refractivity contribution in [3.8, 4) is 11.5 Å². The molecule has 33 heavy (non-hydrogen) atoms. The lowest BCUT2D eigenvalue weighted by molar-refractivity contribution is -0.386. The van der Waals surface area contributed by atoms with Gasteiger partial charge in [0.05, 0.1) is 11.5 Å². The second kappa shape index (κ2) is 9.05. The number of aromatic hydroxyl groups is 1. The van der Waals surface area contributed by atoms with E-state index < -0.39 is 22.3 Å². The second-order valence-corrected chi connectivity index (χ2v) is 8.40. The van der Waals surface area contributed by atoms with Gasteiger partial charge in [0, 0.05) is 36.1 Å². The molecule has 1 aliphatic carbocycles. The second-order valence-electron chi connectivity index (χ2n) is 8.40. The van der Waals surface area contributed by atoms with E-state index >= 15 is 0 Å². The van der Waals surface area contributed by atoms with E-state index in [1.807, 2.05) is 12.1 Å². The van der Waals surface area contributed by atoms with Crippen LogP contribution in [0, 0.1) is 10.1 Å². The van der Waals surface area contributed by atoms with Gasteiger partial charge in [-0.3, -0.25) is 19.7 Å². The van der Waals surface area contributed by atoms with Gasteiger partial charge >= 0.3 is 5.69 Å². The minimum Gasteiger partial charge on any atom is -0.500 e. The fourth-order valence-corrected chi connectivity index (χ4v) is 4.73. The Morgan fingerprint density at radius 3 is 2.45 bits per heavy atom. The zero-order valence-corrected chi connectivity index (χ0v) is 18.6. The summed E-state index contributed by atoms with van der Waals surface area (Å²) < 4.78 is 5.39. The zero-order chi connectivity index (χ0) is 23.7. The van der Waals surface area contributed by atoms with Gasteiger partial charge in [-0.2, -0.15) is 0 Å². The van der Waals surface area contributed by atoms with Gasteiger partial charge in [-0.1, -0.05) is 31.2 Å². The molecule has 2 aromatic carbocycles. The summed E-state index contributed by atoms with van der Waals surface area (Å²) >= 11 is 0. The number of carbonyl (C=O) groups excluding carboxylic acids is 2. The Bertz CT molecular complexity index is 1150. The first-order chi connectivity index (χ1) is 15.8. The number of hydrogen-bond donors (Lipinski definition) is 2. The summed E-state index contributed by atoms with van der Waals surface area (Å²) in [5, 5.41) is 24.6. The number of ketones is 1. The number of rotatable bonds is 6. The van der Waals surface area contributed by atoms with E-state index in [4.69, 9.17) is 4.74 Å². The maximum atomic E-state index is 13.3. The molecule has 0 spiro atoms. The number of nitro groups is 1. The Labute approximate surface area is 191 Å². The Hall–Kier alpha value is -3.68. The molecule has 2 aromatic rings. The van der Waals surface area contributed by atoms with Crippen LogP contribution in [0.1, 0.15) is 61.6 Å². The lowest BCUT2D eigenvalue weighted by atomic mass is 9.73. The molecule has 1 heterocycles. The van der Waals surface area contributed by atoms with Crippen LogP contribution < -0.4 is 10.1 Å². The number of nitrogens with one attached hydrogen (secondary N) is 1. The van der Waals surface area contributed by atoms with Crippen LogP contribution in [0.5, 0.6) is 11.5 Å². The highest BCUT2D eigenvalue weighted by Gasteiger charge is 2.39. The average Bonchev–Trinajstić information content (AvgIpc) is 2.79. The maximum Gasteiger partial charge on any atom is 0.314 e. The standard InChI is InChI=1S/C25H26N2O6/c1-3-14-5-7-15(8-6-14)16-9-19-24(21(28)11-16)18(13-23(29)26-19)17-10-20(27(31)32)25(30)22(12-17)33-4-2/h5-8,10,12,16,18,30H,3-4,9,11,13H2,1-2H3,(H,26,29)/t16-,18-/m0/s1. The predicted molar refractivity (Wildman–Crippen MR) is 121 cm³/mol. The minimum atomic E-state index is -0.696.